The molecule has 0 bridgehead atoms. The minimum atomic E-state index is 0.563. The number of nitrogens with zero attached hydrogens (tertiary/aromatic N) is 2. The Balaban J connectivity index is 1.34. The van der Waals surface area contributed by atoms with Crippen LogP contribution in [0.15, 0.2) is 194 Å². The highest BCUT2D eigenvalue weighted by atomic mass is 15.1. The fourth-order valence-electron chi connectivity index (χ4n) is 9.48. The standard InChI is InChI=1S/C60H56N2/c1-41(2)31-45-33-43(5)35-53(37-45)61(49-23-15-9-16-24-49)51-27-29-55-57(39-51)59(47-19-11-7-12-20-47)56-30-28-52(40-58(56)60(55)48-21-13-8-14-22-48)62(50-25-17-10-18-26-50)54-36-44(6)34-46(38-54)32-42(3)4/h7-30,33-42H,31-32H2,1-6H3. The van der Waals surface area contributed by atoms with Gasteiger partial charge in [-0.05, 0) is 177 Å². The van der Waals surface area contributed by atoms with Crippen LogP contribution < -0.4 is 9.80 Å². The molecule has 0 fully saturated rings. The molecule has 9 aromatic rings. The Bertz CT molecular complexity index is 2760. The highest BCUT2D eigenvalue weighted by Crippen LogP contribution is 2.48. The van der Waals surface area contributed by atoms with Gasteiger partial charge >= 0.3 is 0 Å². The van der Waals surface area contributed by atoms with Crippen LogP contribution in [0.3, 0.4) is 0 Å². The van der Waals surface area contributed by atoms with Gasteiger partial charge in [-0.15, -0.1) is 0 Å². The zero-order valence-electron chi connectivity index (χ0n) is 36.9. The molecule has 9 rings (SSSR count). The number of benzene rings is 9. The van der Waals surface area contributed by atoms with Crippen LogP contribution in [0, 0.1) is 25.7 Å². The Morgan fingerprint density at radius 2 is 0.677 bits per heavy atom. The van der Waals surface area contributed by atoms with Crippen molar-refractivity contribution in [3.63, 3.8) is 0 Å². The third-order valence-electron chi connectivity index (χ3n) is 11.8. The van der Waals surface area contributed by atoms with Crippen molar-refractivity contribution in [3.05, 3.63) is 216 Å². The molecule has 0 heterocycles. The predicted octanol–water partition coefficient (Wildman–Crippen LogP) is 17.3. The summed E-state index contributed by atoms with van der Waals surface area (Å²) >= 11 is 0. The lowest BCUT2D eigenvalue weighted by atomic mass is 9.85. The zero-order chi connectivity index (χ0) is 42.7. The molecule has 9 aromatic carbocycles. The number of para-hydroxylation sites is 2. The van der Waals surface area contributed by atoms with Crippen molar-refractivity contribution < 1.29 is 0 Å². The first-order chi connectivity index (χ1) is 30.2. The van der Waals surface area contributed by atoms with Crippen molar-refractivity contribution in [1.29, 1.82) is 0 Å². The monoisotopic (exact) mass is 804 g/mol. The Kier molecular flexibility index (Phi) is 11.5. The van der Waals surface area contributed by atoms with Crippen molar-refractivity contribution in [2.45, 2.75) is 54.4 Å². The van der Waals surface area contributed by atoms with Crippen molar-refractivity contribution in [1.82, 2.24) is 0 Å². The van der Waals surface area contributed by atoms with Gasteiger partial charge in [-0.3, -0.25) is 0 Å². The molecule has 62 heavy (non-hydrogen) atoms. The molecule has 0 aliphatic carbocycles. The number of hydrogen-bond acceptors (Lipinski definition) is 2. The smallest absolute Gasteiger partial charge is 0.0468 e. The van der Waals surface area contributed by atoms with Crippen LogP contribution >= 0.6 is 0 Å². The molecule has 2 heteroatoms. The van der Waals surface area contributed by atoms with Crippen molar-refractivity contribution >= 4 is 55.7 Å². The first kappa shape index (κ1) is 40.5. The summed E-state index contributed by atoms with van der Waals surface area (Å²) < 4.78 is 0. The van der Waals surface area contributed by atoms with Crippen LogP contribution in [0.4, 0.5) is 34.1 Å². The summed E-state index contributed by atoms with van der Waals surface area (Å²) in [5.74, 6) is 1.13. The summed E-state index contributed by atoms with van der Waals surface area (Å²) in [5.41, 5.74) is 17.0. The summed E-state index contributed by atoms with van der Waals surface area (Å²) in [7, 11) is 0. The molecular formula is C60H56N2. The topological polar surface area (TPSA) is 6.48 Å². The Labute approximate surface area is 368 Å². The van der Waals surface area contributed by atoms with Gasteiger partial charge in [0.25, 0.3) is 0 Å². The van der Waals surface area contributed by atoms with E-state index in [0.29, 0.717) is 11.8 Å². The maximum Gasteiger partial charge on any atom is 0.0468 e. The van der Waals surface area contributed by atoms with Gasteiger partial charge in [0.1, 0.15) is 0 Å². The number of hydrogen-bond donors (Lipinski definition) is 0. The molecule has 0 aliphatic heterocycles. The maximum absolute atomic E-state index is 2.44. The molecule has 0 atom stereocenters. The molecule has 0 aliphatic rings. The van der Waals surface area contributed by atoms with E-state index < -0.39 is 0 Å². The second-order valence-corrected chi connectivity index (χ2v) is 17.8. The molecule has 0 unspecified atom stereocenters. The Hall–Kier alpha value is -6.90. The zero-order valence-corrected chi connectivity index (χ0v) is 36.9. The molecule has 0 amide bonds. The van der Waals surface area contributed by atoms with E-state index >= 15 is 0 Å². The Morgan fingerprint density at radius 1 is 0.323 bits per heavy atom. The van der Waals surface area contributed by atoms with E-state index in [0.717, 1.165) is 35.6 Å². The van der Waals surface area contributed by atoms with Gasteiger partial charge in [0.05, 0.1) is 0 Å². The van der Waals surface area contributed by atoms with Crippen LogP contribution in [0.2, 0.25) is 0 Å². The van der Waals surface area contributed by atoms with Gasteiger partial charge in [-0.25, -0.2) is 0 Å². The van der Waals surface area contributed by atoms with E-state index in [4.69, 9.17) is 0 Å². The van der Waals surface area contributed by atoms with E-state index in [9.17, 15) is 0 Å². The third kappa shape index (κ3) is 8.39. The van der Waals surface area contributed by atoms with Crippen molar-refractivity contribution in [2.75, 3.05) is 9.80 Å². The first-order valence-electron chi connectivity index (χ1n) is 22.3. The number of rotatable bonds is 12. The maximum atomic E-state index is 2.44. The number of fused-ring (bicyclic) bond motifs is 2. The van der Waals surface area contributed by atoms with Crippen LogP contribution in [0.25, 0.3) is 43.8 Å². The highest BCUT2D eigenvalue weighted by Gasteiger charge is 2.23. The van der Waals surface area contributed by atoms with Gasteiger partial charge in [0, 0.05) is 34.1 Å². The summed E-state index contributed by atoms with van der Waals surface area (Å²) in [6, 6.07) is 72.0. The molecule has 0 saturated carbocycles. The van der Waals surface area contributed by atoms with Crippen LogP contribution in [0.1, 0.15) is 49.9 Å². The second-order valence-electron chi connectivity index (χ2n) is 17.8. The minimum Gasteiger partial charge on any atom is -0.310 e. The van der Waals surface area contributed by atoms with E-state index in [1.54, 1.807) is 0 Å². The molecule has 2 nitrogen and oxygen atoms in total. The van der Waals surface area contributed by atoms with E-state index in [2.05, 4.69) is 245 Å². The second kappa shape index (κ2) is 17.6. The molecule has 0 saturated heterocycles. The van der Waals surface area contributed by atoms with Gasteiger partial charge in [-0.2, -0.15) is 0 Å². The molecule has 0 radical (unpaired) electrons. The lowest BCUT2D eigenvalue weighted by Crippen LogP contribution is -2.11. The fraction of sp³-hybridized carbons (Fsp3) is 0.167. The number of aryl methyl sites for hydroxylation is 2. The summed E-state index contributed by atoms with van der Waals surface area (Å²) in [6.45, 7) is 13.6. The molecule has 0 spiro atoms. The molecule has 0 N–H and O–H groups in total. The highest BCUT2D eigenvalue weighted by molar-refractivity contribution is 6.22. The van der Waals surface area contributed by atoms with E-state index in [-0.39, 0.29) is 0 Å². The summed E-state index contributed by atoms with van der Waals surface area (Å²) in [6.07, 6.45) is 2.07. The van der Waals surface area contributed by atoms with Crippen LogP contribution in [-0.2, 0) is 12.8 Å². The molecular weight excluding hydrogens is 749 g/mol. The quantitative estimate of drug-likeness (QED) is 0.114. The summed E-state index contributed by atoms with van der Waals surface area (Å²) in [4.78, 5) is 4.88. The average Bonchev–Trinajstić information content (AvgIpc) is 3.26. The lowest BCUT2D eigenvalue weighted by Gasteiger charge is -2.29. The van der Waals surface area contributed by atoms with Gasteiger partial charge in [0.15, 0.2) is 0 Å². The molecule has 0 aromatic heterocycles. The fourth-order valence-corrected chi connectivity index (χ4v) is 9.48. The minimum absolute atomic E-state index is 0.563. The van der Waals surface area contributed by atoms with Gasteiger partial charge in [-0.1, -0.05) is 149 Å². The van der Waals surface area contributed by atoms with Gasteiger partial charge < -0.3 is 9.80 Å². The summed E-state index contributed by atoms with van der Waals surface area (Å²) in [5, 5.41) is 4.89. The normalized spacial score (nSPS) is 11.5. The third-order valence-corrected chi connectivity index (χ3v) is 11.8. The predicted molar refractivity (Wildman–Crippen MR) is 268 cm³/mol. The SMILES string of the molecule is Cc1cc(CC(C)C)cc(N(c2ccccc2)c2ccc3c(-c4ccccc4)c4cc(N(c5ccccc5)c5cc(C)cc(CC(C)C)c5)ccc4c(-c4ccccc4)c3c2)c1. The molecule has 306 valence electrons. The van der Waals surface area contributed by atoms with Crippen molar-refractivity contribution in [3.8, 4) is 22.3 Å². The van der Waals surface area contributed by atoms with E-state index in [1.807, 2.05) is 0 Å². The first-order valence-corrected chi connectivity index (χ1v) is 22.3. The largest absolute Gasteiger partial charge is 0.310 e. The van der Waals surface area contributed by atoms with Crippen LogP contribution in [0.5, 0.6) is 0 Å². The van der Waals surface area contributed by atoms with E-state index in [1.165, 1.54) is 77.4 Å². The lowest BCUT2D eigenvalue weighted by molar-refractivity contribution is 0.647. The van der Waals surface area contributed by atoms with Crippen molar-refractivity contribution in [2.24, 2.45) is 11.8 Å². The van der Waals surface area contributed by atoms with Crippen LogP contribution in [-0.4, -0.2) is 0 Å². The average molecular weight is 805 g/mol. The number of anilines is 6. The van der Waals surface area contributed by atoms with Gasteiger partial charge in [0.2, 0.25) is 0 Å². The Morgan fingerprint density at radius 3 is 1.03 bits per heavy atom.